The number of nitro groups is 1. The fourth-order valence-corrected chi connectivity index (χ4v) is 4.31. The molecule has 0 fully saturated rings. The van der Waals surface area contributed by atoms with Gasteiger partial charge in [-0.3, -0.25) is 19.5 Å². The number of benzene rings is 2. The maximum absolute atomic E-state index is 14.0. The lowest BCUT2D eigenvalue weighted by molar-refractivity contribution is -0.387. The normalized spacial score (nSPS) is 11.6. The quantitative estimate of drug-likeness (QED) is 0.191. The Morgan fingerprint density at radius 2 is 1.53 bits per heavy atom. The van der Waals surface area contributed by atoms with Crippen molar-refractivity contribution in [3.8, 4) is 0 Å². The highest BCUT2D eigenvalue weighted by molar-refractivity contribution is 7.92. The number of nitrogens with zero attached hydrogens (tertiary/aromatic N) is 3. The minimum atomic E-state index is -4.49. The molecule has 0 saturated carbocycles. The predicted molar refractivity (Wildman–Crippen MR) is 101 cm³/mol. The van der Waals surface area contributed by atoms with Crippen molar-refractivity contribution in [2.45, 2.75) is 25.3 Å². The Bertz CT molecular complexity index is 1330. The topological polar surface area (TPSA) is 107 Å². The van der Waals surface area contributed by atoms with Crippen molar-refractivity contribution in [1.29, 1.82) is 0 Å². The van der Waals surface area contributed by atoms with E-state index in [9.17, 15) is 40.5 Å². The first-order valence-corrected chi connectivity index (χ1v) is 10.2. The smallest absolute Gasteiger partial charge is 0.276 e. The SMILES string of the molecule is Cc1nn(Cc2c(F)c(F)c(F)c(F)c2F)c(C)c1NS(=O)(=O)c1ccccc1[N+](=O)[O-]. The molecule has 0 aliphatic rings. The molecule has 3 rings (SSSR count). The van der Waals surface area contributed by atoms with Crippen LogP contribution in [-0.2, 0) is 16.6 Å². The van der Waals surface area contributed by atoms with Crippen LogP contribution in [0.1, 0.15) is 17.0 Å². The Morgan fingerprint density at radius 1 is 1.00 bits per heavy atom. The molecule has 0 bridgehead atoms. The predicted octanol–water partition coefficient (Wildman–Crippen LogP) is 3.95. The first-order valence-electron chi connectivity index (χ1n) is 8.67. The largest absolute Gasteiger partial charge is 0.289 e. The monoisotopic (exact) mass is 476 g/mol. The average Bonchev–Trinajstić information content (AvgIpc) is 3.00. The van der Waals surface area contributed by atoms with E-state index in [1.165, 1.54) is 26.0 Å². The van der Waals surface area contributed by atoms with E-state index in [0.717, 1.165) is 16.8 Å². The number of aryl methyl sites for hydroxylation is 1. The van der Waals surface area contributed by atoms with Crippen LogP contribution in [0.25, 0.3) is 0 Å². The number of sulfonamides is 1. The molecule has 0 amide bonds. The van der Waals surface area contributed by atoms with Crippen LogP contribution in [0, 0.1) is 53.0 Å². The average molecular weight is 476 g/mol. The molecule has 2 aromatic carbocycles. The van der Waals surface area contributed by atoms with Gasteiger partial charge in [-0.05, 0) is 19.9 Å². The van der Waals surface area contributed by atoms with Gasteiger partial charge >= 0.3 is 0 Å². The second-order valence-corrected chi connectivity index (χ2v) is 8.23. The van der Waals surface area contributed by atoms with E-state index in [4.69, 9.17) is 0 Å². The standard InChI is InChI=1S/C18H13F5N4O4S/c1-8-18(25-32(30,31)12-6-4-3-5-11(12)27(28)29)9(2)26(24-8)7-10-13(19)15(21)17(23)16(22)14(10)20/h3-6,25H,7H2,1-2H3. The number of rotatable bonds is 6. The van der Waals surface area contributed by atoms with Gasteiger partial charge in [0.15, 0.2) is 28.2 Å². The summed E-state index contributed by atoms with van der Waals surface area (Å²) in [6, 6.07) is 4.54. The summed E-state index contributed by atoms with van der Waals surface area (Å²) < 4.78 is 96.6. The van der Waals surface area contributed by atoms with Gasteiger partial charge in [-0.15, -0.1) is 0 Å². The van der Waals surface area contributed by atoms with Crippen molar-refractivity contribution in [1.82, 2.24) is 9.78 Å². The highest BCUT2D eigenvalue weighted by atomic mass is 32.2. The van der Waals surface area contributed by atoms with Gasteiger partial charge in [0.05, 0.1) is 34.1 Å². The van der Waals surface area contributed by atoms with Crippen LogP contribution >= 0.6 is 0 Å². The molecular weight excluding hydrogens is 463 g/mol. The molecule has 0 aliphatic carbocycles. The molecule has 14 heteroatoms. The van der Waals surface area contributed by atoms with E-state index in [0.29, 0.717) is 0 Å². The third-order valence-corrected chi connectivity index (χ3v) is 5.98. The molecule has 0 saturated heterocycles. The van der Waals surface area contributed by atoms with E-state index in [1.807, 2.05) is 0 Å². The molecule has 0 spiro atoms. The fraction of sp³-hybridized carbons (Fsp3) is 0.167. The van der Waals surface area contributed by atoms with Crippen LogP contribution in [0.5, 0.6) is 0 Å². The van der Waals surface area contributed by atoms with Gasteiger partial charge in [0.2, 0.25) is 5.82 Å². The van der Waals surface area contributed by atoms with Crippen molar-refractivity contribution in [3.05, 3.63) is 80.4 Å². The second-order valence-electron chi connectivity index (χ2n) is 6.58. The van der Waals surface area contributed by atoms with E-state index in [1.54, 1.807) is 0 Å². The third-order valence-electron chi connectivity index (χ3n) is 4.58. The highest BCUT2D eigenvalue weighted by Gasteiger charge is 2.29. The summed E-state index contributed by atoms with van der Waals surface area (Å²) in [6.45, 7) is 1.70. The summed E-state index contributed by atoms with van der Waals surface area (Å²) in [5, 5.41) is 15.0. The zero-order valence-corrected chi connectivity index (χ0v) is 17.1. The number of hydrogen-bond acceptors (Lipinski definition) is 5. The van der Waals surface area contributed by atoms with Gasteiger partial charge in [0, 0.05) is 6.07 Å². The molecule has 1 N–H and O–H groups in total. The Hall–Kier alpha value is -3.55. The maximum atomic E-state index is 14.0. The number of hydrogen-bond donors (Lipinski definition) is 1. The number of anilines is 1. The Kier molecular flexibility index (Phi) is 5.91. The Balaban J connectivity index is 2.03. The second kappa shape index (κ2) is 8.18. The van der Waals surface area contributed by atoms with Crippen LogP contribution in [0.2, 0.25) is 0 Å². The molecule has 1 heterocycles. The molecule has 0 radical (unpaired) electrons. The van der Waals surface area contributed by atoms with Gasteiger partial charge in [-0.1, -0.05) is 12.1 Å². The van der Waals surface area contributed by atoms with Crippen molar-refractivity contribution >= 4 is 21.4 Å². The first kappa shape index (κ1) is 23.1. The van der Waals surface area contributed by atoms with E-state index in [2.05, 4.69) is 9.82 Å². The summed E-state index contributed by atoms with van der Waals surface area (Å²) in [5.41, 5.74) is -2.07. The lowest BCUT2D eigenvalue weighted by Crippen LogP contribution is -2.16. The Morgan fingerprint density at radius 3 is 2.09 bits per heavy atom. The zero-order chi connectivity index (χ0) is 24.0. The van der Waals surface area contributed by atoms with Gasteiger partial charge in [0.25, 0.3) is 15.7 Å². The number of nitro benzene ring substituents is 1. The van der Waals surface area contributed by atoms with Crippen LogP contribution in [-0.4, -0.2) is 23.1 Å². The highest BCUT2D eigenvalue weighted by Crippen LogP contribution is 2.29. The van der Waals surface area contributed by atoms with Crippen LogP contribution < -0.4 is 4.72 Å². The number of nitrogens with one attached hydrogen (secondary N) is 1. The summed E-state index contributed by atoms with van der Waals surface area (Å²) in [5.74, 6) is -10.7. The fourth-order valence-electron chi connectivity index (χ4n) is 2.96. The molecule has 170 valence electrons. The van der Waals surface area contributed by atoms with Gasteiger partial charge in [-0.2, -0.15) is 5.10 Å². The molecule has 1 aromatic heterocycles. The van der Waals surface area contributed by atoms with Crippen LogP contribution in [0.15, 0.2) is 29.2 Å². The van der Waals surface area contributed by atoms with E-state index in [-0.39, 0.29) is 17.1 Å². The molecule has 0 unspecified atom stereocenters. The molecule has 8 nitrogen and oxygen atoms in total. The van der Waals surface area contributed by atoms with Gasteiger partial charge in [0.1, 0.15) is 0 Å². The van der Waals surface area contributed by atoms with Crippen molar-refractivity contribution in [2.24, 2.45) is 0 Å². The summed E-state index contributed by atoms with van der Waals surface area (Å²) in [6.07, 6.45) is 0. The van der Waals surface area contributed by atoms with Gasteiger partial charge in [-0.25, -0.2) is 30.4 Å². The Labute approximate surface area is 177 Å². The third kappa shape index (κ3) is 3.88. The molecule has 32 heavy (non-hydrogen) atoms. The summed E-state index contributed by atoms with van der Waals surface area (Å²) >= 11 is 0. The lowest BCUT2D eigenvalue weighted by atomic mass is 10.1. The molecule has 0 atom stereocenters. The van der Waals surface area contributed by atoms with E-state index < -0.39 is 66.7 Å². The van der Waals surface area contributed by atoms with Crippen molar-refractivity contribution in [3.63, 3.8) is 0 Å². The molecular formula is C18H13F5N4O4S. The van der Waals surface area contributed by atoms with Crippen molar-refractivity contribution < 1.29 is 35.3 Å². The summed E-state index contributed by atoms with van der Waals surface area (Å²) in [4.78, 5) is 9.61. The maximum Gasteiger partial charge on any atom is 0.289 e. The number of aromatic nitrogens is 2. The molecule has 3 aromatic rings. The summed E-state index contributed by atoms with van der Waals surface area (Å²) in [7, 11) is -4.49. The zero-order valence-electron chi connectivity index (χ0n) is 16.3. The lowest BCUT2D eigenvalue weighted by Gasteiger charge is -2.11. The van der Waals surface area contributed by atoms with Crippen molar-refractivity contribution in [2.75, 3.05) is 4.72 Å². The minimum absolute atomic E-state index is 0.00599. The van der Waals surface area contributed by atoms with Crippen LogP contribution in [0.3, 0.4) is 0 Å². The number of para-hydroxylation sites is 1. The number of halogens is 5. The molecule has 0 aliphatic heterocycles. The van der Waals surface area contributed by atoms with Gasteiger partial charge < -0.3 is 0 Å². The first-order chi connectivity index (χ1) is 14.9. The van der Waals surface area contributed by atoms with Crippen LogP contribution in [0.4, 0.5) is 33.3 Å². The van der Waals surface area contributed by atoms with E-state index >= 15 is 0 Å². The minimum Gasteiger partial charge on any atom is -0.276 e.